The van der Waals surface area contributed by atoms with E-state index in [1.165, 1.54) is 26.9 Å². The summed E-state index contributed by atoms with van der Waals surface area (Å²) >= 11 is 0. The number of hydrogen-bond donors (Lipinski definition) is 0. The molecule has 0 atom stereocenters. The van der Waals surface area contributed by atoms with Crippen molar-refractivity contribution in [1.82, 2.24) is 0 Å². The lowest BCUT2D eigenvalue weighted by molar-refractivity contribution is 0.632. The number of hydrogen-bond acceptors (Lipinski definition) is 1. The molecule has 1 heteroatoms. The van der Waals surface area contributed by atoms with Gasteiger partial charge in [-0.3, -0.25) is 0 Å². The van der Waals surface area contributed by atoms with Crippen LogP contribution < -0.4 is 0 Å². The summed E-state index contributed by atoms with van der Waals surface area (Å²) in [4.78, 5) is 0. The Labute approximate surface area is 133 Å². The highest BCUT2D eigenvalue weighted by atomic mass is 16.3. The lowest BCUT2D eigenvalue weighted by atomic mass is 10.0. The van der Waals surface area contributed by atoms with E-state index in [4.69, 9.17) is 4.42 Å². The minimum atomic E-state index is 0.919. The third-order valence-electron chi connectivity index (χ3n) is 4.46. The van der Waals surface area contributed by atoms with E-state index in [0.29, 0.717) is 0 Å². The van der Waals surface area contributed by atoms with E-state index in [9.17, 15) is 0 Å². The predicted octanol–water partition coefficient (Wildman–Crippen LogP) is 6.41. The standard InChI is InChI=1S/C22H14O/c1-2-7-17-13-18(10-9-15(17)5-1)22-14-20-19-8-4-3-6-16(19)11-12-21(20)23-22/h1-14H. The van der Waals surface area contributed by atoms with Crippen molar-refractivity contribution in [3.05, 3.63) is 84.9 Å². The van der Waals surface area contributed by atoms with Gasteiger partial charge >= 0.3 is 0 Å². The zero-order chi connectivity index (χ0) is 15.2. The highest BCUT2D eigenvalue weighted by Gasteiger charge is 2.09. The van der Waals surface area contributed by atoms with Gasteiger partial charge < -0.3 is 4.42 Å². The molecular formula is C22H14O. The Bertz CT molecular complexity index is 1160. The third kappa shape index (κ3) is 1.94. The first-order chi connectivity index (χ1) is 11.4. The molecule has 4 aromatic carbocycles. The van der Waals surface area contributed by atoms with Crippen molar-refractivity contribution in [3.63, 3.8) is 0 Å². The SMILES string of the molecule is c1ccc2cc(-c3cc4c(ccc5ccccc54)o3)ccc2c1. The summed E-state index contributed by atoms with van der Waals surface area (Å²) < 4.78 is 6.11. The topological polar surface area (TPSA) is 13.1 Å². The number of fused-ring (bicyclic) bond motifs is 4. The van der Waals surface area contributed by atoms with Crippen molar-refractivity contribution >= 4 is 32.5 Å². The first-order valence-electron chi connectivity index (χ1n) is 7.79. The number of rotatable bonds is 1. The summed E-state index contributed by atoms with van der Waals surface area (Å²) in [5.41, 5.74) is 2.05. The fraction of sp³-hybridized carbons (Fsp3) is 0. The molecule has 0 unspecified atom stereocenters. The first-order valence-corrected chi connectivity index (χ1v) is 7.79. The molecule has 0 fully saturated rings. The van der Waals surface area contributed by atoms with Crippen LogP contribution in [0.25, 0.3) is 43.8 Å². The van der Waals surface area contributed by atoms with Crippen molar-refractivity contribution in [1.29, 1.82) is 0 Å². The largest absolute Gasteiger partial charge is 0.456 e. The molecule has 108 valence electrons. The van der Waals surface area contributed by atoms with Crippen LogP contribution in [-0.2, 0) is 0 Å². The molecule has 0 amide bonds. The van der Waals surface area contributed by atoms with Crippen LogP contribution in [0.5, 0.6) is 0 Å². The van der Waals surface area contributed by atoms with Crippen LogP contribution in [0.2, 0.25) is 0 Å². The van der Waals surface area contributed by atoms with E-state index in [1.807, 2.05) is 0 Å². The molecule has 1 nitrogen and oxygen atoms in total. The van der Waals surface area contributed by atoms with Gasteiger partial charge in [0.25, 0.3) is 0 Å². The zero-order valence-corrected chi connectivity index (χ0v) is 12.5. The Kier molecular flexibility index (Phi) is 2.56. The molecule has 0 aliphatic carbocycles. The predicted molar refractivity (Wildman–Crippen MR) is 96.7 cm³/mol. The summed E-state index contributed by atoms with van der Waals surface area (Å²) in [6, 6.07) is 29.6. The molecule has 0 N–H and O–H groups in total. The fourth-order valence-corrected chi connectivity index (χ4v) is 3.28. The van der Waals surface area contributed by atoms with Crippen LogP contribution in [0, 0.1) is 0 Å². The maximum Gasteiger partial charge on any atom is 0.135 e. The van der Waals surface area contributed by atoms with E-state index < -0.39 is 0 Å². The monoisotopic (exact) mass is 294 g/mol. The smallest absolute Gasteiger partial charge is 0.135 e. The van der Waals surface area contributed by atoms with Crippen molar-refractivity contribution in [3.8, 4) is 11.3 Å². The van der Waals surface area contributed by atoms with E-state index in [2.05, 4.69) is 84.9 Å². The molecule has 0 saturated carbocycles. The van der Waals surface area contributed by atoms with Crippen molar-refractivity contribution in [2.24, 2.45) is 0 Å². The van der Waals surface area contributed by atoms with Gasteiger partial charge in [0.15, 0.2) is 0 Å². The first kappa shape index (κ1) is 12.5. The fourth-order valence-electron chi connectivity index (χ4n) is 3.28. The van der Waals surface area contributed by atoms with Crippen LogP contribution in [0.3, 0.4) is 0 Å². The number of benzene rings is 4. The minimum Gasteiger partial charge on any atom is -0.456 e. The van der Waals surface area contributed by atoms with Gasteiger partial charge in [-0.25, -0.2) is 0 Å². The van der Waals surface area contributed by atoms with Crippen molar-refractivity contribution < 1.29 is 4.42 Å². The molecular weight excluding hydrogens is 280 g/mol. The van der Waals surface area contributed by atoms with E-state index in [1.54, 1.807) is 0 Å². The average Bonchev–Trinajstić information content (AvgIpc) is 3.06. The summed E-state index contributed by atoms with van der Waals surface area (Å²) in [6.45, 7) is 0. The molecule has 5 aromatic rings. The van der Waals surface area contributed by atoms with E-state index in [-0.39, 0.29) is 0 Å². The molecule has 0 spiro atoms. The van der Waals surface area contributed by atoms with Crippen molar-refractivity contribution in [2.45, 2.75) is 0 Å². The Balaban J connectivity index is 1.76. The summed E-state index contributed by atoms with van der Waals surface area (Å²) in [7, 11) is 0. The van der Waals surface area contributed by atoms with Crippen LogP contribution >= 0.6 is 0 Å². The molecule has 0 bridgehead atoms. The maximum absolute atomic E-state index is 6.11. The minimum absolute atomic E-state index is 0.919. The zero-order valence-electron chi connectivity index (χ0n) is 12.5. The van der Waals surface area contributed by atoms with E-state index in [0.717, 1.165) is 16.9 Å². The quantitative estimate of drug-likeness (QED) is 0.348. The second kappa shape index (κ2) is 4.72. The van der Waals surface area contributed by atoms with Gasteiger partial charge in [-0.1, -0.05) is 66.7 Å². The molecule has 5 rings (SSSR count). The highest BCUT2D eigenvalue weighted by molar-refractivity contribution is 6.07. The van der Waals surface area contributed by atoms with E-state index >= 15 is 0 Å². The average molecular weight is 294 g/mol. The number of furan rings is 1. The van der Waals surface area contributed by atoms with Gasteiger partial charge in [0.1, 0.15) is 11.3 Å². The lowest BCUT2D eigenvalue weighted by Crippen LogP contribution is -1.75. The summed E-state index contributed by atoms with van der Waals surface area (Å²) in [5.74, 6) is 0.919. The second-order valence-electron chi connectivity index (χ2n) is 5.87. The Morgan fingerprint density at radius 2 is 1.26 bits per heavy atom. The Hall–Kier alpha value is -3.06. The summed E-state index contributed by atoms with van der Waals surface area (Å²) in [5, 5.41) is 6.13. The van der Waals surface area contributed by atoms with Gasteiger partial charge in [-0.15, -0.1) is 0 Å². The molecule has 23 heavy (non-hydrogen) atoms. The Morgan fingerprint density at radius 1 is 0.522 bits per heavy atom. The van der Waals surface area contributed by atoms with Gasteiger partial charge in [0.05, 0.1) is 0 Å². The van der Waals surface area contributed by atoms with Crippen LogP contribution in [-0.4, -0.2) is 0 Å². The molecule has 0 aliphatic rings. The van der Waals surface area contributed by atoms with Gasteiger partial charge in [0.2, 0.25) is 0 Å². The molecule has 0 radical (unpaired) electrons. The molecule has 0 saturated heterocycles. The van der Waals surface area contributed by atoms with Crippen LogP contribution in [0.15, 0.2) is 89.3 Å². The maximum atomic E-state index is 6.11. The molecule has 1 aromatic heterocycles. The summed E-state index contributed by atoms with van der Waals surface area (Å²) in [6.07, 6.45) is 0. The van der Waals surface area contributed by atoms with Gasteiger partial charge in [-0.2, -0.15) is 0 Å². The molecule has 1 heterocycles. The van der Waals surface area contributed by atoms with Gasteiger partial charge in [-0.05, 0) is 39.7 Å². The van der Waals surface area contributed by atoms with Crippen molar-refractivity contribution in [2.75, 3.05) is 0 Å². The lowest BCUT2D eigenvalue weighted by Gasteiger charge is -2.00. The van der Waals surface area contributed by atoms with Gasteiger partial charge in [0, 0.05) is 10.9 Å². The molecule has 0 aliphatic heterocycles. The third-order valence-corrected chi connectivity index (χ3v) is 4.46. The second-order valence-corrected chi connectivity index (χ2v) is 5.87. The normalized spacial score (nSPS) is 11.5. The van der Waals surface area contributed by atoms with Crippen LogP contribution in [0.4, 0.5) is 0 Å². The Morgan fingerprint density at radius 3 is 2.17 bits per heavy atom. The highest BCUT2D eigenvalue weighted by Crippen LogP contribution is 2.33. The van der Waals surface area contributed by atoms with Crippen LogP contribution in [0.1, 0.15) is 0 Å².